The second-order valence-electron chi connectivity index (χ2n) is 3.49. The Labute approximate surface area is 90.1 Å². The fourth-order valence-electron chi connectivity index (χ4n) is 1.65. The first-order valence-corrected chi connectivity index (χ1v) is 5.56. The van der Waals surface area contributed by atoms with Crippen molar-refractivity contribution in [3.05, 3.63) is 33.9 Å². The van der Waals surface area contributed by atoms with Gasteiger partial charge in [0.05, 0.1) is 5.52 Å². The van der Waals surface area contributed by atoms with Gasteiger partial charge in [-0.1, -0.05) is 6.07 Å². The first-order valence-electron chi connectivity index (χ1n) is 4.49. The molecule has 1 aliphatic rings. The Morgan fingerprint density at radius 1 is 1.38 bits per heavy atom. The van der Waals surface area contributed by atoms with E-state index in [1.807, 2.05) is 0 Å². The molecule has 2 nitrogen and oxygen atoms in total. The van der Waals surface area contributed by atoms with E-state index in [1.54, 1.807) is 0 Å². The molecule has 0 aliphatic heterocycles. The summed E-state index contributed by atoms with van der Waals surface area (Å²) >= 11 is 2.31. The Bertz CT molecular complexity index is 457. The molecule has 0 spiro atoms. The quantitative estimate of drug-likeness (QED) is 0.736. The maximum atomic E-state index is 4.60. The number of rotatable bonds is 1. The molecular weight excluding hydrogens is 275 g/mol. The molecule has 0 bridgehead atoms. The van der Waals surface area contributed by atoms with Crippen molar-refractivity contribution in [3.63, 3.8) is 0 Å². The van der Waals surface area contributed by atoms with Crippen molar-refractivity contribution in [2.45, 2.75) is 18.8 Å². The highest BCUT2D eigenvalue weighted by molar-refractivity contribution is 14.1. The number of fused-ring (bicyclic) bond motifs is 1. The lowest BCUT2D eigenvalue weighted by Gasteiger charge is -1.96. The van der Waals surface area contributed by atoms with Gasteiger partial charge in [-0.15, -0.1) is 0 Å². The fourth-order valence-corrected chi connectivity index (χ4v) is 2.34. The average molecular weight is 284 g/mol. The summed E-state index contributed by atoms with van der Waals surface area (Å²) in [5.41, 5.74) is 1.24. The van der Waals surface area contributed by atoms with Crippen LogP contribution in [0, 0.1) is 3.70 Å². The smallest absolute Gasteiger partial charge is 0.127 e. The molecular formula is C10H9IN2. The molecule has 0 amide bonds. The number of pyridine rings is 1. The average Bonchev–Trinajstić information content (AvgIpc) is 2.94. The molecule has 0 atom stereocenters. The van der Waals surface area contributed by atoms with Gasteiger partial charge in [-0.05, 0) is 47.6 Å². The van der Waals surface area contributed by atoms with E-state index < -0.39 is 0 Å². The minimum absolute atomic E-state index is 0.721. The number of nitrogens with zero attached hydrogens (tertiary/aromatic N) is 2. The van der Waals surface area contributed by atoms with Gasteiger partial charge in [0.1, 0.15) is 9.53 Å². The number of imidazole rings is 1. The van der Waals surface area contributed by atoms with Gasteiger partial charge in [0.25, 0.3) is 0 Å². The number of hydrogen-bond donors (Lipinski definition) is 0. The molecule has 1 saturated carbocycles. The molecule has 3 heteroatoms. The normalized spacial score (nSPS) is 16.7. The fraction of sp³-hybridized carbons (Fsp3) is 0.300. The molecule has 1 fully saturated rings. The molecule has 0 aromatic carbocycles. The van der Waals surface area contributed by atoms with E-state index >= 15 is 0 Å². The Balaban J connectivity index is 2.34. The molecule has 1 aliphatic carbocycles. The first kappa shape index (κ1) is 7.79. The third kappa shape index (κ3) is 1.17. The molecule has 2 aromatic heterocycles. The minimum atomic E-state index is 0.721. The molecule has 0 saturated heterocycles. The number of aromatic nitrogens is 2. The van der Waals surface area contributed by atoms with Gasteiger partial charge in [0.15, 0.2) is 0 Å². The van der Waals surface area contributed by atoms with Crippen LogP contribution in [0.2, 0.25) is 0 Å². The monoisotopic (exact) mass is 284 g/mol. The maximum Gasteiger partial charge on any atom is 0.127 e. The molecule has 0 radical (unpaired) electrons. The van der Waals surface area contributed by atoms with Gasteiger partial charge in [-0.25, -0.2) is 4.98 Å². The zero-order chi connectivity index (χ0) is 8.84. The largest absolute Gasteiger partial charge is 0.302 e. The summed E-state index contributed by atoms with van der Waals surface area (Å²) < 4.78 is 3.35. The summed E-state index contributed by atoms with van der Waals surface area (Å²) in [6.07, 6.45) is 4.73. The van der Waals surface area contributed by atoms with Crippen LogP contribution < -0.4 is 0 Å². The Morgan fingerprint density at radius 3 is 3.00 bits per heavy atom. The van der Waals surface area contributed by atoms with E-state index in [9.17, 15) is 0 Å². The van der Waals surface area contributed by atoms with Gasteiger partial charge in [0.2, 0.25) is 0 Å². The van der Waals surface area contributed by atoms with Gasteiger partial charge in [-0.3, -0.25) is 0 Å². The van der Waals surface area contributed by atoms with E-state index in [-0.39, 0.29) is 0 Å². The summed E-state index contributed by atoms with van der Waals surface area (Å²) in [6.45, 7) is 0. The van der Waals surface area contributed by atoms with Crippen LogP contribution >= 0.6 is 22.6 Å². The summed E-state index contributed by atoms with van der Waals surface area (Å²) in [7, 11) is 0. The van der Waals surface area contributed by atoms with Crippen LogP contribution in [0.15, 0.2) is 24.4 Å². The van der Waals surface area contributed by atoms with Crippen LogP contribution in [0.25, 0.3) is 5.52 Å². The van der Waals surface area contributed by atoms with Crippen LogP contribution in [0.1, 0.15) is 24.6 Å². The molecule has 3 rings (SSSR count). The number of halogens is 1. The molecule has 0 N–H and O–H groups in total. The van der Waals surface area contributed by atoms with Crippen molar-refractivity contribution in [3.8, 4) is 0 Å². The topological polar surface area (TPSA) is 17.3 Å². The second-order valence-corrected chi connectivity index (χ2v) is 4.51. The van der Waals surface area contributed by atoms with Crippen LogP contribution in [0.3, 0.4) is 0 Å². The van der Waals surface area contributed by atoms with Crippen LogP contribution in [0.4, 0.5) is 0 Å². The highest BCUT2D eigenvalue weighted by Gasteiger charge is 2.28. The van der Waals surface area contributed by atoms with Crippen molar-refractivity contribution < 1.29 is 0 Å². The van der Waals surface area contributed by atoms with Crippen molar-refractivity contribution in [1.29, 1.82) is 0 Å². The van der Waals surface area contributed by atoms with Crippen molar-refractivity contribution in [1.82, 2.24) is 9.38 Å². The highest BCUT2D eigenvalue weighted by Crippen LogP contribution is 2.40. The molecule has 2 heterocycles. The lowest BCUT2D eigenvalue weighted by molar-refractivity contribution is 0.918. The minimum Gasteiger partial charge on any atom is -0.302 e. The van der Waals surface area contributed by atoms with E-state index in [4.69, 9.17) is 0 Å². The predicted molar refractivity (Wildman–Crippen MR) is 59.9 cm³/mol. The van der Waals surface area contributed by atoms with Crippen LogP contribution in [0.5, 0.6) is 0 Å². The Morgan fingerprint density at radius 2 is 2.23 bits per heavy atom. The molecule has 66 valence electrons. The number of hydrogen-bond acceptors (Lipinski definition) is 1. The highest BCUT2D eigenvalue weighted by atomic mass is 127. The Hall–Kier alpha value is -0.580. The van der Waals surface area contributed by atoms with Crippen molar-refractivity contribution in [2.75, 3.05) is 0 Å². The molecule has 2 aromatic rings. The van der Waals surface area contributed by atoms with Crippen molar-refractivity contribution in [2.24, 2.45) is 0 Å². The Kier molecular flexibility index (Phi) is 1.62. The van der Waals surface area contributed by atoms with E-state index in [1.165, 1.54) is 24.2 Å². The van der Waals surface area contributed by atoms with Crippen LogP contribution in [-0.4, -0.2) is 9.38 Å². The van der Waals surface area contributed by atoms with Gasteiger partial charge in [-0.2, -0.15) is 0 Å². The third-order valence-electron chi connectivity index (χ3n) is 2.47. The van der Waals surface area contributed by atoms with Gasteiger partial charge in [0, 0.05) is 12.1 Å². The first-order chi connectivity index (χ1) is 6.36. The molecule has 0 unspecified atom stereocenters. The molecule has 13 heavy (non-hydrogen) atoms. The lowest BCUT2D eigenvalue weighted by Crippen LogP contribution is -1.90. The maximum absolute atomic E-state index is 4.60. The van der Waals surface area contributed by atoms with Crippen LogP contribution in [-0.2, 0) is 0 Å². The van der Waals surface area contributed by atoms with Gasteiger partial charge >= 0.3 is 0 Å². The summed E-state index contributed by atoms with van der Waals surface area (Å²) in [4.78, 5) is 4.60. The third-order valence-corrected chi connectivity index (χ3v) is 3.27. The van der Waals surface area contributed by atoms with Gasteiger partial charge < -0.3 is 4.40 Å². The SMILES string of the molecule is Ic1nc(C2CC2)n2ccccc12. The zero-order valence-electron chi connectivity index (χ0n) is 7.07. The lowest BCUT2D eigenvalue weighted by atomic mass is 10.4. The van der Waals surface area contributed by atoms with E-state index in [2.05, 4.69) is 56.4 Å². The van der Waals surface area contributed by atoms with Crippen molar-refractivity contribution >= 4 is 28.1 Å². The summed E-state index contributed by atoms with van der Waals surface area (Å²) in [6, 6.07) is 6.26. The van der Waals surface area contributed by atoms with E-state index in [0.717, 1.165) is 9.62 Å². The van der Waals surface area contributed by atoms with E-state index in [0.29, 0.717) is 0 Å². The predicted octanol–water partition coefficient (Wildman–Crippen LogP) is 2.82. The second kappa shape index (κ2) is 2.70. The summed E-state index contributed by atoms with van der Waals surface area (Å²) in [5.74, 6) is 1.97. The standard InChI is InChI=1S/C10H9IN2/c11-9-8-3-1-2-6-13(8)10(12-9)7-4-5-7/h1-3,6-7H,4-5H2. The summed E-state index contributed by atoms with van der Waals surface area (Å²) in [5, 5.41) is 0. The zero-order valence-corrected chi connectivity index (χ0v) is 9.23.